The fourth-order valence-corrected chi connectivity index (χ4v) is 15.3. The molecule has 2 heterocycles. The van der Waals surface area contributed by atoms with E-state index in [1.165, 1.54) is 0 Å². The summed E-state index contributed by atoms with van der Waals surface area (Å²) < 4.78 is 26.0. The van der Waals surface area contributed by atoms with Gasteiger partial charge in [-0.2, -0.15) is 0 Å². The number of ether oxygens (including phenoxy) is 1. The Morgan fingerprint density at radius 2 is 1.29 bits per heavy atom. The van der Waals surface area contributed by atoms with Crippen molar-refractivity contribution in [3.63, 3.8) is 0 Å². The minimum absolute atomic E-state index is 0.136. The van der Waals surface area contributed by atoms with E-state index in [0.717, 1.165) is 0 Å². The Hall–Kier alpha value is 0.234. The molecule has 1 N–H and O–H groups in total. The average Bonchev–Trinajstić information content (AvgIpc) is 2.77. The second-order valence-corrected chi connectivity index (χ2v) is 17.3. The van der Waals surface area contributed by atoms with Gasteiger partial charge >= 0.3 is 17.1 Å². The second kappa shape index (κ2) is 7.46. The van der Waals surface area contributed by atoms with E-state index < -0.39 is 23.4 Å². The Morgan fingerprint density at radius 1 is 0.792 bits per heavy atom. The Kier molecular flexibility index (Phi) is 6.39. The van der Waals surface area contributed by atoms with E-state index in [9.17, 15) is 5.11 Å². The first-order chi connectivity index (χ1) is 11.0. The molecule has 1 unspecified atom stereocenters. The van der Waals surface area contributed by atoms with Crippen LogP contribution < -0.4 is 0 Å². The number of hydrogen-bond acceptors (Lipinski definition) is 5. The van der Waals surface area contributed by atoms with Crippen molar-refractivity contribution in [1.29, 1.82) is 0 Å². The van der Waals surface area contributed by atoms with E-state index in [2.05, 4.69) is 55.4 Å². The van der Waals surface area contributed by atoms with Gasteiger partial charge in [0, 0.05) is 6.42 Å². The molecule has 0 amide bonds. The minimum Gasteiger partial charge on any atom is -0.414 e. The third-order valence-electron chi connectivity index (χ3n) is 5.53. The van der Waals surface area contributed by atoms with Crippen LogP contribution in [0.1, 0.15) is 61.8 Å². The minimum atomic E-state index is -2.55. The summed E-state index contributed by atoms with van der Waals surface area (Å²) in [6, 6.07) is 0. The summed E-state index contributed by atoms with van der Waals surface area (Å²) in [6.45, 7) is 18.1. The molecule has 142 valence electrons. The first-order valence-corrected chi connectivity index (χ1v) is 13.3. The van der Waals surface area contributed by atoms with Gasteiger partial charge in [-0.05, 0) is 22.2 Å². The van der Waals surface area contributed by atoms with Gasteiger partial charge < -0.3 is 22.8 Å². The Labute approximate surface area is 149 Å². The molecular formula is C17H36O5Si2. The maximum Gasteiger partial charge on any atom is 0.335 e. The van der Waals surface area contributed by atoms with Crippen LogP contribution in [0.4, 0.5) is 0 Å². The van der Waals surface area contributed by atoms with Crippen molar-refractivity contribution in [3.05, 3.63) is 0 Å². The zero-order valence-electron chi connectivity index (χ0n) is 16.5. The molecule has 2 saturated heterocycles. The largest absolute Gasteiger partial charge is 0.414 e. The molecule has 2 aliphatic rings. The maximum atomic E-state index is 9.97. The fraction of sp³-hybridized carbons (Fsp3) is 1.00. The van der Waals surface area contributed by atoms with Crippen molar-refractivity contribution < 1.29 is 22.8 Å². The average molecular weight is 377 g/mol. The number of fused-ring (bicyclic) bond motifs is 1. The number of rotatable bonds is 4. The Balaban J connectivity index is 2.49. The molecule has 0 bridgehead atoms. The van der Waals surface area contributed by atoms with Gasteiger partial charge in [0.05, 0.1) is 12.7 Å². The normalized spacial score (nSPS) is 33.1. The van der Waals surface area contributed by atoms with E-state index in [4.69, 9.17) is 17.7 Å². The third kappa shape index (κ3) is 3.54. The first kappa shape index (κ1) is 20.5. The molecule has 5 nitrogen and oxygen atoms in total. The van der Waals surface area contributed by atoms with E-state index in [1.807, 2.05) is 0 Å². The van der Waals surface area contributed by atoms with Gasteiger partial charge in [0.15, 0.2) is 6.29 Å². The van der Waals surface area contributed by atoms with Crippen LogP contribution in [-0.2, 0) is 17.7 Å². The fourth-order valence-electron chi connectivity index (χ4n) is 4.13. The number of aliphatic hydroxyl groups excluding tert-OH is 1. The highest BCUT2D eigenvalue weighted by Crippen LogP contribution is 2.47. The predicted molar refractivity (Wildman–Crippen MR) is 99.3 cm³/mol. The van der Waals surface area contributed by atoms with Crippen molar-refractivity contribution >= 4 is 17.1 Å². The van der Waals surface area contributed by atoms with Crippen LogP contribution >= 0.6 is 0 Å². The van der Waals surface area contributed by atoms with Crippen LogP contribution in [0.3, 0.4) is 0 Å². The lowest BCUT2D eigenvalue weighted by Crippen LogP contribution is -2.65. The zero-order valence-corrected chi connectivity index (χ0v) is 18.5. The van der Waals surface area contributed by atoms with Crippen molar-refractivity contribution in [2.45, 2.75) is 102 Å². The van der Waals surface area contributed by atoms with E-state index >= 15 is 0 Å². The van der Waals surface area contributed by atoms with Crippen molar-refractivity contribution in [2.24, 2.45) is 0 Å². The van der Waals surface area contributed by atoms with Crippen LogP contribution in [0.15, 0.2) is 0 Å². The van der Waals surface area contributed by atoms with Crippen LogP contribution in [0.5, 0.6) is 0 Å². The summed E-state index contributed by atoms with van der Waals surface area (Å²) in [5, 5.41) is 9.97. The van der Waals surface area contributed by atoms with Gasteiger partial charge in [-0.15, -0.1) is 0 Å². The van der Waals surface area contributed by atoms with Crippen molar-refractivity contribution in [3.8, 4) is 0 Å². The van der Waals surface area contributed by atoms with E-state index in [1.54, 1.807) is 0 Å². The molecular weight excluding hydrogens is 340 g/mol. The van der Waals surface area contributed by atoms with Crippen LogP contribution in [0.25, 0.3) is 0 Å². The summed E-state index contributed by atoms with van der Waals surface area (Å²) >= 11 is 0. The van der Waals surface area contributed by atoms with Crippen molar-refractivity contribution in [1.82, 2.24) is 0 Å². The topological polar surface area (TPSA) is 57.2 Å². The van der Waals surface area contributed by atoms with Gasteiger partial charge in [0.1, 0.15) is 6.10 Å². The van der Waals surface area contributed by atoms with Crippen LogP contribution in [-0.4, -0.2) is 47.3 Å². The maximum absolute atomic E-state index is 9.97. The summed E-state index contributed by atoms with van der Waals surface area (Å²) in [5.41, 5.74) is 1.27. The molecule has 2 fully saturated rings. The number of hydrogen-bond donors (Lipinski definition) is 1. The molecule has 0 radical (unpaired) electrons. The molecule has 0 aromatic heterocycles. The molecule has 0 aromatic carbocycles. The summed E-state index contributed by atoms with van der Waals surface area (Å²) in [6.07, 6.45) is -0.592. The Morgan fingerprint density at radius 3 is 1.75 bits per heavy atom. The first-order valence-electron chi connectivity index (χ1n) is 9.40. The van der Waals surface area contributed by atoms with Crippen LogP contribution in [0, 0.1) is 0 Å². The van der Waals surface area contributed by atoms with E-state index in [-0.39, 0.29) is 12.2 Å². The third-order valence-corrected chi connectivity index (χ3v) is 15.8. The van der Waals surface area contributed by atoms with Crippen molar-refractivity contribution in [2.75, 3.05) is 6.61 Å². The summed E-state index contributed by atoms with van der Waals surface area (Å²) in [7, 11) is -5.04. The van der Waals surface area contributed by atoms with Crippen LogP contribution in [0.2, 0.25) is 22.2 Å². The zero-order chi connectivity index (χ0) is 18.3. The molecule has 0 saturated carbocycles. The highest BCUT2D eigenvalue weighted by Gasteiger charge is 2.59. The highest BCUT2D eigenvalue weighted by molar-refractivity contribution is 6.83. The SMILES string of the molecule is CC(C)[Si]1(C(C)C)OC[C@H]2OC(O)C[C@@H]2O[Si](C(C)C)(C(C)C)O1. The molecule has 2 rings (SSSR count). The molecule has 0 aromatic rings. The predicted octanol–water partition coefficient (Wildman–Crippen LogP) is 4.05. The van der Waals surface area contributed by atoms with Gasteiger partial charge in [0.2, 0.25) is 0 Å². The monoisotopic (exact) mass is 376 g/mol. The standard InChI is InChI=1S/C17H36O5Si2/c1-11(2)23(12(3)4)19-10-16-15(9-17(18)20-16)21-24(22-23,13(5)6)14(7)8/h11-18H,9-10H2,1-8H3/t15-,16+,17?/m0/s1. The smallest absolute Gasteiger partial charge is 0.335 e. The van der Waals surface area contributed by atoms with Gasteiger partial charge in [-0.1, -0.05) is 55.4 Å². The van der Waals surface area contributed by atoms with E-state index in [0.29, 0.717) is 35.2 Å². The van der Waals surface area contributed by atoms with Gasteiger partial charge in [-0.25, -0.2) is 0 Å². The lowest BCUT2D eigenvalue weighted by atomic mass is 10.2. The molecule has 2 aliphatic heterocycles. The van der Waals surface area contributed by atoms with Gasteiger partial charge in [0.25, 0.3) is 0 Å². The molecule has 0 aliphatic carbocycles. The summed E-state index contributed by atoms with van der Waals surface area (Å²) in [5.74, 6) is 0. The molecule has 0 spiro atoms. The molecule has 3 atom stereocenters. The summed E-state index contributed by atoms with van der Waals surface area (Å²) in [4.78, 5) is 0. The lowest BCUT2D eigenvalue weighted by Gasteiger charge is -2.51. The number of aliphatic hydroxyl groups is 1. The molecule has 7 heteroatoms. The Bertz CT molecular complexity index is 411. The second-order valence-electron chi connectivity index (χ2n) is 8.50. The van der Waals surface area contributed by atoms with Gasteiger partial charge in [-0.3, -0.25) is 0 Å². The lowest BCUT2D eigenvalue weighted by molar-refractivity contribution is -0.110. The quantitative estimate of drug-likeness (QED) is 0.750. The molecule has 24 heavy (non-hydrogen) atoms. The highest BCUT2D eigenvalue weighted by atomic mass is 28.5.